The van der Waals surface area contributed by atoms with Gasteiger partial charge in [-0.2, -0.15) is 0 Å². The number of nitrogens with one attached hydrogen (secondary N) is 1. The second-order valence-corrected chi connectivity index (χ2v) is 3.24. The lowest BCUT2D eigenvalue weighted by atomic mass is 10.5. The first-order valence-corrected chi connectivity index (χ1v) is 5.27. The summed E-state index contributed by atoms with van der Waals surface area (Å²) in [5.41, 5.74) is 0. The first kappa shape index (κ1) is 13.8. The Hall–Kier alpha value is -0.160. The van der Waals surface area contributed by atoms with Crippen LogP contribution < -0.4 is 5.32 Å². The Bertz CT molecular complexity index is 112. The standard InChI is InChI=1S/C10H24N2O2/c1-4-14-10-8-12(2)7-5-11-6-9-13-3/h11H,4-10H2,1-3H3. The quantitative estimate of drug-likeness (QED) is 0.515. The normalized spacial score (nSPS) is 11.1. The number of methoxy groups -OCH3 is 1. The van der Waals surface area contributed by atoms with Gasteiger partial charge in [-0.1, -0.05) is 0 Å². The molecule has 4 heteroatoms. The fourth-order valence-electron chi connectivity index (χ4n) is 1.05. The van der Waals surface area contributed by atoms with Crippen LogP contribution >= 0.6 is 0 Å². The third-order valence-corrected chi connectivity index (χ3v) is 1.97. The van der Waals surface area contributed by atoms with Crippen LogP contribution in [0.3, 0.4) is 0 Å². The van der Waals surface area contributed by atoms with Crippen molar-refractivity contribution in [2.45, 2.75) is 6.92 Å². The highest BCUT2D eigenvalue weighted by Crippen LogP contribution is 1.82. The van der Waals surface area contributed by atoms with Gasteiger partial charge in [-0.3, -0.25) is 0 Å². The lowest BCUT2D eigenvalue weighted by molar-refractivity contribution is 0.122. The van der Waals surface area contributed by atoms with Crippen LogP contribution in [-0.2, 0) is 9.47 Å². The van der Waals surface area contributed by atoms with Crippen molar-refractivity contribution in [3.63, 3.8) is 0 Å². The summed E-state index contributed by atoms with van der Waals surface area (Å²) in [4.78, 5) is 2.26. The van der Waals surface area contributed by atoms with Crippen LogP contribution in [0.4, 0.5) is 0 Å². The van der Waals surface area contributed by atoms with E-state index in [9.17, 15) is 0 Å². The van der Waals surface area contributed by atoms with E-state index in [-0.39, 0.29) is 0 Å². The fourth-order valence-corrected chi connectivity index (χ4v) is 1.05. The van der Waals surface area contributed by atoms with E-state index in [1.165, 1.54) is 0 Å². The summed E-state index contributed by atoms with van der Waals surface area (Å²) in [5, 5.41) is 3.30. The first-order valence-electron chi connectivity index (χ1n) is 5.27. The second-order valence-electron chi connectivity index (χ2n) is 3.24. The minimum Gasteiger partial charge on any atom is -0.383 e. The number of ether oxygens (including phenoxy) is 2. The lowest BCUT2D eigenvalue weighted by Gasteiger charge is -2.16. The van der Waals surface area contributed by atoms with E-state index in [0.29, 0.717) is 0 Å². The van der Waals surface area contributed by atoms with E-state index < -0.39 is 0 Å². The van der Waals surface area contributed by atoms with E-state index >= 15 is 0 Å². The minimum absolute atomic E-state index is 0.780. The van der Waals surface area contributed by atoms with E-state index in [1.807, 2.05) is 6.92 Å². The van der Waals surface area contributed by atoms with Gasteiger partial charge in [0, 0.05) is 39.9 Å². The molecule has 0 heterocycles. The molecule has 0 bridgehead atoms. The van der Waals surface area contributed by atoms with Crippen molar-refractivity contribution in [2.75, 3.05) is 60.2 Å². The third-order valence-electron chi connectivity index (χ3n) is 1.97. The van der Waals surface area contributed by atoms with Crippen LogP contribution in [0.1, 0.15) is 6.92 Å². The molecule has 0 aliphatic carbocycles. The van der Waals surface area contributed by atoms with Gasteiger partial charge < -0.3 is 19.7 Å². The largest absolute Gasteiger partial charge is 0.383 e. The molecule has 86 valence electrons. The summed E-state index contributed by atoms with van der Waals surface area (Å²) < 4.78 is 10.2. The van der Waals surface area contributed by atoms with Crippen LogP contribution in [0, 0.1) is 0 Å². The number of hydrogen-bond acceptors (Lipinski definition) is 4. The van der Waals surface area contributed by atoms with Crippen LogP contribution in [0.2, 0.25) is 0 Å². The summed E-state index contributed by atoms with van der Waals surface area (Å²) in [7, 11) is 3.83. The summed E-state index contributed by atoms with van der Waals surface area (Å²) >= 11 is 0. The van der Waals surface area contributed by atoms with Crippen molar-refractivity contribution >= 4 is 0 Å². The second kappa shape index (κ2) is 10.9. The van der Waals surface area contributed by atoms with Gasteiger partial charge in [0.25, 0.3) is 0 Å². The topological polar surface area (TPSA) is 33.7 Å². The van der Waals surface area contributed by atoms with E-state index in [2.05, 4.69) is 17.3 Å². The number of rotatable bonds is 10. The molecular formula is C10H24N2O2. The SMILES string of the molecule is CCOCCN(C)CCNCCOC. The molecule has 0 aliphatic heterocycles. The molecule has 0 spiro atoms. The highest BCUT2D eigenvalue weighted by atomic mass is 16.5. The van der Waals surface area contributed by atoms with Gasteiger partial charge in [-0.15, -0.1) is 0 Å². The van der Waals surface area contributed by atoms with Gasteiger partial charge in [-0.25, -0.2) is 0 Å². The molecule has 0 fully saturated rings. The van der Waals surface area contributed by atoms with Crippen molar-refractivity contribution in [2.24, 2.45) is 0 Å². The predicted molar refractivity (Wildman–Crippen MR) is 58.7 cm³/mol. The van der Waals surface area contributed by atoms with Gasteiger partial charge in [-0.05, 0) is 14.0 Å². The van der Waals surface area contributed by atoms with Crippen molar-refractivity contribution in [1.29, 1.82) is 0 Å². The Morgan fingerprint density at radius 1 is 1.14 bits per heavy atom. The Kier molecular flexibility index (Phi) is 10.8. The monoisotopic (exact) mass is 204 g/mol. The molecule has 1 N–H and O–H groups in total. The minimum atomic E-state index is 0.780. The smallest absolute Gasteiger partial charge is 0.0593 e. The van der Waals surface area contributed by atoms with Crippen molar-refractivity contribution in [1.82, 2.24) is 10.2 Å². The van der Waals surface area contributed by atoms with Gasteiger partial charge in [0.2, 0.25) is 0 Å². The van der Waals surface area contributed by atoms with Crippen molar-refractivity contribution in [3.8, 4) is 0 Å². The molecule has 4 nitrogen and oxygen atoms in total. The lowest BCUT2D eigenvalue weighted by Crippen LogP contribution is -2.32. The van der Waals surface area contributed by atoms with Gasteiger partial charge in [0.15, 0.2) is 0 Å². The maximum absolute atomic E-state index is 5.27. The van der Waals surface area contributed by atoms with Crippen LogP contribution in [0.25, 0.3) is 0 Å². The van der Waals surface area contributed by atoms with Crippen molar-refractivity contribution in [3.05, 3.63) is 0 Å². The highest BCUT2D eigenvalue weighted by Gasteiger charge is 1.96. The first-order chi connectivity index (χ1) is 6.81. The van der Waals surface area contributed by atoms with E-state index in [4.69, 9.17) is 9.47 Å². The molecule has 14 heavy (non-hydrogen) atoms. The Morgan fingerprint density at radius 3 is 2.57 bits per heavy atom. The maximum Gasteiger partial charge on any atom is 0.0593 e. The van der Waals surface area contributed by atoms with Gasteiger partial charge in [0.05, 0.1) is 13.2 Å². The molecular weight excluding hydrogens is 180 g/mol. The molecule has 0 unspecified atom stereocenters. The Labute approximate surface area is 87.6 Å². The summed E-state index contributed by atoms with van der Waals surface area (Å²) in [5.74, 6) is 0. The predicted octanol–water partition coefficient (Wildman–Crippen LogP) is 0.191. The van der Waals surface area contributed by atoms with Crippen LogP contribution in [0.5, 0.6) is 0 Å². The number of likely N-dealkylation sites (N-methyl/N-ethyl adjacent to an activating group) is 1. The third kappa shape index (κ3) is 9.92. The average molecular weight is 204 g/mol. The number of nitrogens with zero attached hydrogens (tertiary/aromatic N) is 1. The molecule has 0 atom stereocenters. The van der Waals surface area contributed by atoms with Crippen molar-refractivity contribution < 1.29 is 9.47 Å². The summed E-state index contributed by atoms with van der Waals surface area (Å²) in [6, 6.07) is 0. The zero-order valence-electron chi connectivity index (χ0n) is 9.71. The summed E-state index contributed by atoms with van der Waals surface area (Å²) in [6.45, 7) is 8.42. The molecule has 0 aliphatic rings. The zero-order chi connectivity index (χ0) is 10.6. The summed E-state index contributed by atoms with van der Waals surface area (Å²) in [6.07, 6.45) is 0. The van der Waals surface area contributed by atoms with E-state index in [0.717, 1.165) is 46.0 Å². The van der Waals surface area contributed by atoms with E-state index in [1.54, 1.807) is 7.11 Å². The molecule has 0 aromatic rings. The molecule has 0 radical (unpaired) electrons. The zero-order valence-corrected chi connectivity index (χ0v) is 9.71. The fraction of sp³-hybridized carbons (Fsp3) is 1.00. The van der Waals surface area contributed by atoms with Crippen LogP contribution in [0.15, 0.2) is 0 Å². The Morgan fingerprint density at radius 2 is 1.93 bits per heavy atom. The molecule has 0 saturated carbocycles. The Balaban J connectivity index is 3.06. The number of hydrogen-bond donors (Lipinski definition) is 1. The maximum atomic E-state index is 5.27. The van der Waals surface area contributed by atoms with Crippen LogP contribution in [-0.4, -0.2) is 65.1 Å². The molecule has 0 amide bonds. The van der Waals surface area contributed by atoms with Gasteiger partial charge >= 0.3 is 0 Å². The molecule has 0 aromatic heterocycles. The average Bonchev–Trinajstić information content (AvgIpc) is 2.18. The molecule has 0 aromatic carbocycles. The molecule has 0 rings (SSSR count). The van der Waals surface area contributed by atoms with Gasteiger partial charge in [0.1, 0.15) is 0 Å². The molecule has 0 saturated heterocycles. The highest BCUT2D eigenvalue weighted by molar-refractivity contribution is 4.54.